The molecule has 0 atom stereocenters. The highest BCUT2D eigenvalue weighted by Gasteiger charge is 2.07. The van der Waals surface area contributed by atoms with E-state index < -0.39 is 0 Å². The molecule has 0 aliphatic rings. The Labute approximate surface area is 159 Å². The summed E-state index contributed by atoms with van der Waals surface area (Å²) in [5.41, 5.74) is 0. The summed E-state index contributed by atoms with van der Waals surface area (Å²) in [6, 6.07) is 4.27. The molecular formula is C15H25IN6S. The van der Waals surface area contributed by atoms with Crippen LogP contribution in [0.1, 0.15) is 17.6 Å². The van der Waals surface area contributed by atoms with Gasteiger partial charge in [-0.25, -0.2) is 0 Å². The van der Waals surface area contributed by atoms with Gasteiger partial charge < -0.3 is 14.8 Å². The first kappa shape index (κ1) is 19.9. The summed E-state index contributed by atoms with van der Waals surface area (Å²) in [7, 11) is 3.89. The molecule has 2 aromatic heterocycles. The highest BCUT2D eigenvalue weighted by atomic mass is 127. The van der Waals surface area contributed by atoms with E-state index in [1.807, 2.05) is 7.05 Å². The third-order valence-electron chi connectivity index (χ3n) is 3.49. The molecule has 0 saturated heterocycles. The van der Waals surface area contributed by atoms with Crippen LogP contribution in [-0.4, -0.2) is 52.8 Å². The van der Waals surface area contributed by atoms with Crippen LogP contribution in [0.15, 0.2) is 28.8 Å². The van der Waals surface area contributed by atoms with Crippen LogP contribution < -0.4 is 5.32 Å². The SMILES string of the molecule is CCc1nncn1CCNC(=NC)N(C)CCc1cccs1.I. The lowest BCUT2D eigenvalue weighted by Crippen LogP contribution is -2.41. The van der Waals surface area contributed by atoms with E-state index in [-0.39, 0.29) is 24.0 Å². The maximum absolute atomic E-state index is 4.34. The van der Waals surface area contributed by atoms with Gasteiger partial charge >= 0.3 is 0 Å². The van der Waals surface area contributed by atoms with Crippen LogP contribution in [0.25, 0.3) is 0 Å². The molecule has 2 heterocycles. The van der Waals surface area contributed by atoms with Crippen molar-refractivity contribution in [2.75, 3.05) is 27.2 Å². The lowest BCUT2D eigenvalue weighted by atomic mass is 10.3. The van der Waals surface area contributed by atoms with E-state index in [1.54, 1.807) is 17.7 Å². The van der Waals surface area contributed by atoms with E-state index in [0.717, 1.165) is 44.3 Å². The van der Waals surface area contributed by atoms with Gasteiger partial charge in [-0.05, 0) is 17.9 Å². The predicted octanol–water partition coefficient (Wildman–Crippen LogP) is 2.27. The lowest BCUT2D eigenvalue weighted by molar-refractivity contribution is 0.482. The van der Waals surface area contributed by atoms with Gasteiger partial charge in [0.05, 0.1) is 0 Å². The quantitative estimate of drug-likeness (QED) is 0.401. The average molecular weight is 448 g/mol. The van der Waals surface area contributed by atoms with Gasteiger partial charge in [0.1, 0.15) is 12.2 Å². The molecule has 0 saturated carbocycles. The van der Waals surface area contributed by atoms with Crippen molar-refractivity contribution in [1.29, 1.82) is 0 Å². The molecule has 8 heteroatoms. The molecule has 0 unspecified atom stereocenters. The maximum atomic E-state index is 4.34. The van der Waals surface area contributed by atoms with Crippen LogP contribution in [0.5, 0.6) is 0 Å². The Kier molecular flexibility index (Phi) is 9.15. The van der Waals surface area contributed by atoms with Gasteiger partial charge in [-0.3, -0.25) is 4.99 Å². The van der Waals surface area contributed by atoms with Crippen LogP contribution in [0.4, 0.5) is 0 Å². The molecule has 0 bridgehead atoms. The van der Waals surface area contributed by atoms with Crippen LogP contribution >= 0.6 is 35.3 Å². The Morgan fingerprint density at radius 3 is 2.96 bits per heavy atom. The zero-order valence-electron chi connectivity index (χ0n) is 13.9. The number of halogens is 1. The van der Waals surface area contributed by atoms with E-state index in [9.17, 15) is 0 Å². The number of nitrogens with one attached hydrogen (secondary N) is 1. The number of likely N-dealkylation sites (N-methyl/N-ethyl adjacent to an activating group) is 1. The van der Waals surface area contributed by atoms with Crippen molar-refractivity contribution in [2.24, 2.45) is 4.99 Å². The molecule has 128 valence electrons. The molecule has 2 rings (SSSR count). The van der Waals surface area contributed by atoms with E-state index >= 15 is 0 Å². The van der Waals surface area contributed by atoms with Crippen LogP contribution in [-0.2, 0) is 19.4 Å². The number of guanidine groups is 1. The molecule has 0 aliphatic heterocycles. The first-order valence-electron chi connectivity index (χ1n) is 7.55. The summed E-state index contributed by atoms with van der Waals surface area (Å²) in [4.78, 5) is 7.91. The smallest absolute Gasteiger partial charge is 0.193 e. The number of nitrogens with zero attached hydrogens (tertiary/aromatic N) is 5. The molecule has 0 aromatic carbocycles. The Morgan fingerprint density at radius 1 is 1.48 bits per heavy atom. The van der Waals surface area contributed by atoms with Crippen LogP contribution in [0.3, 0.4) is 0 Å². The van der Waals surface area contributed by atoms with Crippen molar-refractivity contribution in [1.82, 2.24) is 25.0 Å². The molecule has 2 aromatic rings. The van der Waals surface area contributed by atoms with Gasteiger partial charge in [0.25, 0.3) is 0 Å². The second kappa shape index (κ2) is 10.6. The van der Waals surface area contributed by atoms with Gasteiger partial charge in [0.2, 0.25) is 0 Å². The number of aryl methyl sites for hydroxylation is 1. The Bertz CT molecular complexity index is 581. The minimum absolute atomic E-state index is 0. The largest absolute Gasteiger partial charge is 0.354 e. The first-order valence-corrected chi connectivity index (χ1v) is 8.43. The average Bonchev–Trinajstić information content (AvgIpc) is 3.20. The fourth-order valence-electron chi connectivity index (χ4n) is 2.25. The molecule has 0 spiro atoms. The second-order valence-corrected chi connectivity index (χ2v) is 6.05. The molecule has 0 amide bonds. The highest BCUT2D eigenvalue weighted by molar-refractivity contribution is 14.0. The zero-order chi connectivity index (χ0) is 15.8. The molecule has 0 radical (unpaired) electrons. The van der Waals surface area contributed by atoms with E-state index in [2.05, 4.69) is 61.5 Å². The normalized spacial score (nSPS) is 11.2. The summed E-state index contributed by atoms with van der Waals surface area (Å²) in [6.45, 7) is 4.69. The van der Waals surface area contributed by atoms with Crippen molar-refractivity contribution in [3.63, 3.8) is 0 Å². The van der Waals surface area contributed by atoms with Crippen LogP contribution in [0.2, 0.25) is 0 Å². The summed E-state index contributed by atoms with van der Waals surface area (Å²) in [5.74, 6) is 1.94. The molecule has 0 aliphatic carbocycles. The zero-order valence-corrected chi connectivity index (χ0v) is 17.0. The standard InChI is InChI=1S/C15H24N6S.HI/c1-4-14-19-18-12-21(14)10-8-17-15(16-2)20(3)9-7-13-6-5-11-22-13;/h5-6,11-12H,4,7-10H2,1-3H3,(H,16,17);1H. The van der Waals surface area contributed by atoms with Crippen molar-refractivity contribution in [3.05, 3.63) is 34.5 Å². The highest BCUT2D eigenvalue weighted by Crippen LogP contribution is 2.09. The number of rotatable bonds is 7. The molecule has 1 N–H and O–H groups in total. The summed E-state index contributed by atoms with van der Waals surface area (Å²) in [6.07, 6.45) is 3.72. The fraction of sp³-hybridized carbons (Fsp3) is 0.533. The van der Waals surface area contributed by atoms with Gasteiger partial charge in [-0.2, -0.15) is 0 Å². The van der Waals surface area contributed by atoms with Crippen molar-refractivity contribution in [2.45, 2.75) is 26.3 Å². The Morgan fingerprint density at radius 2 is 2.30 bits per heavy atom. The number of aliphatic imine (C=N–C) groups is 1. The number of hydrogen-bond acceptors (Lipinski definition) is 4. The Hall–Kier alpha value is -1.16. The lowest BCUT2D eigenvalue weighted by Gasteiger charge is -2.22. The molecule has 0 fully saturated rings. The Balaban J connectivity index is 0.00000264. The van der Waals surface area contributed by atoms with Crippen molar-refractivity contribution < 1.29 is 0 Å². The predicted molar refractivity (Wildman–Crippen MR) is 107 cm³/mol. The second-order valence-electron chi connectivity index (χ2n) is 5.02. The summed E-state index contributed by atoms with van der Waals surface area (Å²) >= 11 is 1.80. The van der Waals surface area contributed by atoms with E-state index in [0.29, 0.717) is 0 Å². The molecule has 6 nitrogen and oxygen atoms in total. The topological polar surface area (TPSA) is 58.3 Å². The first-order chi connectivity index (χ1) is 10.7. The summed E-state index contributed by atoms with van der Waals surface area (Å²) in [5, 5.41) is 13.6. The maximum Gasteiger partial charge on any atom is 0.193 e. The van der Waals surface area contributed by atoms with Gasteiger partial charge in [0.15, 0.2) is 5.96 Å². The van der Waals surface area contributed by atoms with E-state index in [1.165, 1.54) is 4.88 Å². The van der Waals surface area contributed by atoms with Gasteiger partial charge in [-0.15, -0.1) is 45.5 Å². The summed E-state index contributed by atoms with van der Waals surface area (Å²) < 4.78 is 2.08. The fourth-order valence-corrected chi connectivity index (χ4v) is 2.95. The van der Waals surface area contributed by atoms with Crippen molar-refractivity contribution in [3.8, 4) is 0 Å². The number of thiophene rings is 1. The minimum Gasteiger partial charge on any atom is -0.354 e. The molecular weight excluding hydrogens is 423 g/mol. The van der Waals surface area contributed by atoms with Gasteiger partial charge in [-0.1, -0.05) is 13.0 Å². The molecule has 23 heavy (non-hydrogen) atoms. The third kappa shape index (κ3) is 6.09. The monoisotopic (exact) mass is 448 g/mol. The van der Waals surface area contributed by atoms with Crippen LogP contribution in [0, 0.1) is 0 Å². The van der Waals surface area contributed by atoms with E-state index in [4.69, 9.17) is 0 Å². The minimum atomic E-state index is 0. The number of aromatic nitrogens is 3. The van der Waals surface area contributed by atoms with Gasteiger partial charge in [0, 0.05) is 45.0 Å². The van der Waals surface area contributed by atoms with Crippen molar-refractivity contribution >= 4 is 41.3 Å². The third-order valence-corrected chi connectivity index (χ3v) is 4.43. The number of hydrogen-bond donors (Lipinski definition) is 1.